The first-order chi connectivity index (χ1) is 15.9. The molecule has 11 heteroatoms. The first-order valence-electron chi connectivity index (χ1n) is 11.2. The Bertz CT molecular complexity index is 844. The smallest absolute Gasteiger partial charge is 0.382 e. The highest BCUT2D eigenvalue weighted by Gasteiger charge is 2.40. The lowest BCUT2D eigenvalue weighted by atomic mass is 9.73. The molecule has 34 heavy (non-hydrogen) atoms. The second-order valence-corrected chi connectivity index (χ2v) is 9.06. The summed E-state index contributed by atoms with van der Waals surface area (Å²) in [6.07, 6.45) is -3.53. The van der Waals surface area contributed by atoms with Crippen LogP contribution in [0, 0.1) is 5.82 Å². The van der Waals surface area contributed by atoms with Crippen molar-refractivity contribution in [3.8, 4) is 0 Å². The summed E-state index contributed by atoms with van der Waals surface area (Å²) in [6.45, 7) is 1.74. The van der Waals surface area contributed by atoms with Gasteiger partial charge in [0.25, 0.3) is 0 Å². The number of nitrogens with zero attached hydrogens (tertiary/aromatic N) is 1. The zero-order valence-electron chi connectivity index (χ0n) is 19.0. The van der Waals surface area contributed by atoms with Crippen LogP contribution in [0.4, 0.5) is 22.0 Å². The number of aliphatic hydroxyl groups is 1. The van der Waals surface area contributed by atoms with Gasteiger partial charge in [0.2, 0.25) is 0 Å². The molecular formula is C23H30ClF5N2O3. The summed E-state index contributed by atoms with van der Waals surface area (Å²) >= 11 is 5.86. The van der Waals surface area contributed by atoms with E-state index in [1.165, 1.54) is 13.0 Å². The normalized spacial score (nSPS) is 24.1. The van der Waals surface area contributed by atoms with Gasteiger partial charge in [0.15, 0.2) is 5.78 Å². The number of aliphatic imine (C=N–C) groups is 1. The lowest BCUT2D eigenvalue weighted by Gasteiger charge is -2.36. The summed E-state index contributed by atoms with van der Waals surface area (Å²) in [5.41, 5.74) is -0.625. The number of benzene rings is 1. The van der Waals surface area contributed by atoms with Crippen LogP contribution in [0.5, 0.6) is 0 Å². The molecule has 1 fully saturated rings. The fraction of sp³-hybridized carbons (Fsp3) is 0.652. The Morgan fingerprint density at radius 2 is 2.03 bits per heavy atom. The van der Waals surface area contributed by atoms with Crippen molar-refractivity contribution < 1.29 is 36.6 Å². The molecule has 3 atom stereocenters. The van der Waals surface area contributed by atoms with Gasteiger partial charge in [-0.05, 0) is 62.6 Å². The Hall–Kier alpha value is -1.78. The second kappa shape index (κ2) is 12.3. The third kappa shape index (κ3) is 8.16. The van der Waals surface area contributed by atoms with Crippen LogP contribution >= 0.6 is 11.6 Å². The van der Waals surface area contributed by atoms with E-state index >= 15 is 0 Å². The Kier molecular flexibility index (Phi) is 10.3. The molecule has 1 aliphatic carbocycles. The van der Waals surface area contributed by atoms with Crippen LogP contribution in [-0.2, 0) is 9.53 Å². The average Bonchev–Trinajstić information content (AvgIpc) is 2.78. The van der Waals surface area contributed by atoms with Gasteiger partial charge in [0.05, 0.1) is 17.4 Å². The van der Waals surface area contributed by atoms with Crippen molar-refractivity contribution in [1.29, 1.82) is 0 Å². The molecule has 192 valence electrons. The van der Waals surface area contributed by atoms with Gasteiger partial charge in [-0.2, -0.15) is 0 Å². The summed E-state index contributed by atoms with van der Waals surface area (Å²) < 4.78 is 67.0. The summed E-state index contributed by atoms with van der Waals surface area (Å²) in [5.74, 6) is -0.787. The van der Waals surface area contributed by atoms with Gasteiger partial charge in [0.1, 0.15) is 24.2 Å². The highest BCUT2D eigenvalue weighted by Crippen LogP contribution is 2.40. The topological polar surface area (TPSA) is 70.9 Å². The number of hydrogen-bond donors (Lipinski definition) is 2. The molecule has 0 heterocycles. The molecule has 5 nitrogen and oxygen atoms in total. The highest BCUT2D eigenvalue weighted by atomic mass is 35.5. The van der Waals surface area contributed by atoms with E-state index in [1.54, 1.807) is 19.1 Å². The van der Waals surface area contributed by atoms with Crippen molar-refractivity contribution in [2.75, 3.05) is 6.67 Å². The van der Waals surface area contributed by atoms with Gasteiger partial charge in [0, 0.05) is 12.5 Å². The number of ether oxygens (including phenoxy) is 1. The zero-order valence-corrected chi connectivity index (χ0v) is 19.8. The SMILES string of the molecule is CCC(CC(=O)C1(O)CCC(c2ccc(F)c(Cl)c2)CC1)NC=NC(C)[C@@H](CF)OC(F)(F)F. The molecule has 1 saturated carbocycles. The lowest BCUT2D eigenvalue weighted by Crippen LogP contribution is -2.45. The molecule has 0 saturated heterocycles. The van der Waals surface area contributed by atoms with Gasteiger partial charge in [-0.25, -0.2) is 8.78 Å². The van der Waals surface area contributed by atoms with Crippen LogP contribution < -0.4 is 5.32 Å². The number of alkyl halides is 4. The minimum atomic E-state index is -4.97. The van der Waals surface area contributed by atoms with Crippen molar-refractivity contribution in [3.05, 3.63) is 34.6 Å². The number of nitrogens with one attached hydrogen (secondary N) is 1. The molecule has 0 aromatic heterocycles. The Balaban J connectivity index is 1.89. The molecule has 0 bridgehead atoms. The van der Waals surface area contributed by atoms with E-state index in [0.717, 1.165) is 11.9 Å². The number of ketones is 1. The monoisotopic (exact) mass is 512 g/mol. The minimum absolute atomic E-state index is 0.00790. The van der Waals surface area contributed by atoms with E-state index in [-0.39, 0.29) is 36.0 Å². The molecule has 2 unspecified atom stereocenters. The van der Waals surface area contributed by atoms with Crippen LogP contribution in [0.15, 0.2) is 23.2 Å². The quantitative estimate of drug-likeness (QED) is 0.234. The van der Waals surface area contributed by atoms with Gasteiger partial charge >= 0.3 is 6.36 Å². The van der Waals surface area contributed by atoms with Crippen molar-refractivity contribution in [2.24, 2.45) is 4.99 Å². The Morgan fingerprint density at radius 1 is 1.38 bits per heavy atom. The number of halogens is 6. The maximum atomic E-state index is 13.4. The third-order valence-electron chi connectivity index (χ3n) is 6.27. The first-order valence-corrected chi connectivity index (χ1v) is 11.5. The van der Waals surface area contributed by atoms with Crippen LogP contribution in [0.2, 0.25) is 5.02 Å². The van der Waals surface area contributed by atoms with Crippen molar-refractivity contribution in [1.82, 2.24) is 5.32 Å². The molecular weight excluding hydrogens is 483 g/mol. The largest absolute Gasteiger partial charge is 0.522 e. The van der Waals surface area contributed by atoms with Crippen molar-refractivity contribution in [2.45, 2.75) is 88.4 Å². The second-order valence-electron chi connectivity index (χ2n) is 8.65. The maximum absolute atomic E-state index is 13.4. The van der Waals surface area contributed by atoms with Gasteiger partial charge < -0.3 is 10.4 Å². The zero-order chi connectivity index (χ0) is 25.5. The first kappa shape index (κ1) is 28.5. The van der Waals surface area contributed by atoms with E-state index in [1.807, 2.05) is 0 Å². The van der Waals surface area contributed by atoms with Gasteiger partial charge in [-0.15, -0.1) is 13.2 Å². The number of hydrogen-bond acceptors (Lipinski definition) is 4. The number of carbonyl (C=O) groups is 1. The molecule has 0 radical (unpaired) electrons. The fourth-order valence-electron chi connectivity index (χ4n) is 4.00. The Morgan fingerprint density at radius 3 is 2.56 bits per heavy atom. The van der Waals surface area contributed by atoms with E-state index < -0.39 is 42.6 Å². The average molecular weight is 513 g/mol. The Labute approximate surface area is 200 Å². The van der Waals surface area contributed by atoms with E-state index in [9.17, 15) is 31.9 Å². The fourth-order valence-corrected chi connectivity index (χ4v) is 4.19. The minimum Gasteiger partial charge on any atom is -0.382 e. The summed E-state index contributed by atoms with van der Waals surface area (Å²) in [6, 6.07) is 3.01. The van der Waals surface area contributed by atoms with E-state index in [0.29, 0.717) is 19.3 Å². The standard InChI is InChI=1S/C23H30ClF5N2O3/c1-3-17(31-13-30-14(2)20(12-25)34-23(27,28)29)11-21(32)22(33)8-6-15(7-9-22)16-4-5-19(26)18(24)10-16/h4-5,10,13-15,17,20,33H,3,6-9,11-12H2,1-2H3,(H,30,31)/t14?,15?,17?,20-,22?/m1/s1. The summed E-state index contributed by atoms with van der Waals surface area (Å²) in [4.78, 5) is 16.7. The maximum Gasteiger partial charge on any atom is 0.522 e. The molecule has 0 aliphatic heterocycles. The highest BCUT2D eigenvalue weighted by molar-refractivity contribution is 6.30. The van der Waals surface area contributed by atoms with Gasteiger partial charge in [-0.1, -0.05) is 24.6 Å². The summed E-state index contributed by atoms with van der Waals surface area (Å²) in [5, 5.41) is 13.8. The predicted octanol–water partition coefficient (Wildman–Crippen LogP) is 5.49. The van der Waals surface area contributed by atoms with Gasteiger partial charge in [-0.3, -0.25) is 14.5 Å². The molecule has 1 aromatic rings. The van der Waals surface area contributed by atoms with E-state index in [2.05, 4.69) is 15.0 Å². The van der Waals surface area contributed by atoms with Crippen molar-refractivity contribution in [3.63, 3.8) is 0 Å². The molecule has 0 amide bonds. The van der Waals surface area contributed by atoms with Crippen LogP contribution in [-0.4, -0.2) is 54.1 Å². The molecule has 1 aromatic carbocycles. The number of carbonyl (C=O) groups excluding carboxylic acids is 1. The third-order valence-corrected chi connectivity index (χ3v) is 6.56. The molecule has 2 N–H and O–H groups in total. The number of rotatable bonds is 11. The number of Topliss-reactive ketones (excluding diaryl/α,β-unsaturated/α-hetero) is 1. The van der Waals surface area contributed by atoms with Crippen LogP contribution in [0.25, 0.3) is 0 Å². The van der Waals surface area contributed by atoms with Crippen molar-refractivity contribution >= 4 is 23.7 Å². The van der Waals surface area contributed by atoms with E-state index in [4.69, 9.17) is 11.6 Å². The van der Waals surface area contributed by atoms with Crippen LogP contribution in [0.3, 0.4) is 0 Å². The molecule has 0 spiro atoms. The molecule has 1 aliphatic rings. The summed E-state index contributed by atoms with van der Waals surface area (Å²) in [7, 11) is 0. The predicted molar refractivity (Wildman–Crippen MR) is 119 cm³/mol. The molecule has 2 rings (SSSR count). The lowest BCUT2D eigenvalue weighted by molar-refractivity contribution is -0.345. The van der Waals surface area contributed by atoms with Crippen LogP contribution in [0.1, 0.15) is 63.9 Å².